The summed E-state index contributed by atoms with van der Waals surface area (Å²) in [4.78, 5) is 11.7. The van der Waals surface area contributed by atoms with Gasteiger partial charge in [0.15, 0.2) is 0 Å². The van der Waals surface area contributed by atoms with Crippen molar-refractivity contribution in [2.24, 2.45) is 0 Å². The quantitative estimate of drug-likeness (QED) is 0.324. The highest BCUT2D eigenvalue weighted by atomic mass is 32.2. The molecule has 138 valence electrons. The van der Waals surface area contributed by atoms with Crippen molar-refractivity contribution in [3.05, 3.63) is 0 Å². The van der Waals surface area contributed by atoms with Crippen LogP contribution in [-0.2, 0) is 10.9 Å². The zero-order chi connectivity index (χ0) is 17.6. The maximum atomic E-state index is 11.7. The molecule has 2 N–H and O–H groups in total. The lowest BCUT2D eigenvalue weighted by Crippen LogP contribution is -2.49. The second-order valence-corrected chi connectivity index (χ2v) is 7.45. The smallest absolute Gasteiger partial charge is 0.328 e. The number of amides is 2. The van der Waals surface area contributed by atoms with E-state index in [1.54, 1.807) is 0 Å². The number of nitrogens with one attached hydrogen (secondary N) is 2. The number of hydrogen-bond acceptors (Lipinski definition) is 3. The molecule has 0 spiro atoms. The third-order valence-corrected chi connectivity index (χ3v) is 4.66. The average molecular weight is 349 g/mol. The first-order chi connectivity index (χ1) is 10.9. The van der Waals surface area contributed by atoms with Crippen molar-refractivity contribution >= 4 is 16.9 Å². The highest BCUT2D eigenvalue weighted by Gasteiger charge is 2.25. The number of thiol groups is 1. The zero-order valence-electron chi connectivity index (χ0n) is 15.2. The molecule has 0 bridgehead atoms. The maximum Gasteiger partial charge on any atom is 0.328 e. The summed E-state index contributed by atoms with van der Waals surface area (Å²) in [7, 11) is -2.90. The second-order valence-electron chi connectivity index (χ2n) is 6.71. The Hall–Kier alpha value is -0.780. The van der Waals surface area contributed by atoms with E-state index < -0.39 is 16.9 Å². The van der Waals surface area contributed by atoms with Crippen LogP contribution in [0.1, 0.15) is 97.8 Å². The maximum absolute atomic E-state index is 11.7. The predicted octanol–water partition coefficient (Wildman–Crippen LogP) is 4.29. The van der Waals surface area contributed by atoms with Crippen molar-refractivity contribution in [2.75, 3.05) is 0 Å². The molecule has 0 aliphatic heterocycles. The van der Waals surface area contributed by atoms with E-state index in [1.165, 1.54) is 51.4 Å². The van der Waals surface area contributed by atoms with E-state index in [4.69, 9.17) is 0 Å². The van der Waals surface area contributed by atoms with Crippen molar-refractivity contribution in [3.8, 4) is 0 Å². The molecule has 0 atom stereocenters. The summed E-state index contributed by atoms with van der Waals surface area (Å²) >= 11 is 0. The molecule has 0 saturated carbocycles. The van der Waals surface area contributed by atoms with Crippen LogP contribution in [0.5, 0.6) is 0 Å². The number of carbonyl (C=O) groups excluding carboxylic acids is 1. The van der Waals surface area contributed by atoms with Crippen molar-refractivity contribution in [1.29, 1.82) is 0 Å². The minimum absolute atomic E-state index is 0.326. The number of urea groups is 1. The van der Waals surface area contributed by atoms with Gasteiger partial charge in [-0.2, -0.15) is 0 Å². The topological polar surface area (TPSA) is 75.3 Å². The van der Waals surface area contributed by atoms with Crippen LogP contribution >= 0.6 is 0 Å². The van der Waals surface area contributed by atoms with Crippen molar-refractivity contribution in [1.82, 2.24) is 10.0 Å². The lowest BCUT2D eigenvalue weighted by molar-refractivity contribution is 0.224. The van der Waals surface area contributed by atoms with Crippen LogP contribution in [-0.4, -0.2) is 20.0 Å². The Morgan fingerprint density at radius 1 is 0.826 bits per heavy atom. The SMILES string of the molecule is CCCCCCCC(C)(CCCCCCC)NC(=O)N[SH](=O)=O. The molecule has 0 aromatic rings. The standard InChI is InChI=1S/C17H36N2O3S/c1-4-6-8-10-12-14-17(3,15-13-11-9-7-5-2)18-16(20)19-23(21)22/h23H,4-15H2,1-3H3,(H2,18,19,20,21,22). The first kappa shape index (κ1) is 22.2. The fourth-order valence-corrected chi connectivity index (χ4v) is 3.09. The second kappa shape index (κ2) is 13.6. The van der Waals surface area contributed by atoms with Gasteiger partial charge in [-0.1, -0.05) is 78.1 Å². The zero-order valence-corrected chi connectivity index (χ0v) is 16.1. The summed E-state index contributed by atoms with van der Waals surface area (Å²) in [6.45, 7) is 6.41. The minimum atomic E-state index is -2.90. The van der Waals surface area contributed by atoms with Gasteiger partial charge >= 0.3 is 6.03 Å². The van der Waals surface area contributed by atoms with Gasteiger partial charge in [0.2, 0.25) is 10.9 Å². The van der Waals surface area contributed by atoms with Crippen LogP contribution in [0.3, 0.4) is 0 Å². The Bertz CT molecular complexity index is 362. The first-order valence-corrected chi connectivity index (χ1v) is 10.3. The molecular weight excluding hydrogens is 312 g/mol. The van der Waals surface area contributed by atoms with Gasteiger partial charge in [-0.25, -0.2) is 17.9 Å². The summed E-state index contributed by atoms with van der Waals surface area (Å²) in [5.74, 6) is 0. The van der Waals surface area contributed by atoms with Crippen LogP contribution in [0.4, 0.5) is 4.79 Å². The Morgan fingerprint density at radius 2 is 1.26 bits per heavy atom. The number of unbranched alkanes of at least 4 members (excludes halogenated alkanes) is 8. The molecule has 0 fully saturated rings. The molecule has 0 aliphatic carbocycles. The fourth-order valence-electron chi connectivity index (χ4n) is 2.87. The minimum Gasteiger partial charge on any atom is -0.332 e. The van der Waals surface area contributed by atoms with E-state index in [-0.39, 0.29) is 5.54 Å². The molecule has 2 amide bonds. The molecule has 0 aromatic carbocycles. The molecular formula is C17H36N2O3S. The first-order valence-electron chi connectivity index (χ1n) is 9.16. The van der Waals surface area contributed by atoms with E-state index in [0.29, 0.717) is 0 Å². The third kappa shape index (κ3) is 13.4. The van der Waals surface area contributed by atoms with Crippen molar-refractivity contribution in [2.45, 2.75) is 103 Å². The molecule has 0 saturated heterocycles. The Kier molecular flexibility index (Phi) is 13.2. The Balaban J connectivity index is 4.34. The van der Waals surface area contributed by atoms with Gasteiger partial charge in [0.1, 0.15) is 0 Å². The highest BCUT2D eigenvalue weighted by molar-refractivity contribution is 7.70. The normalized spacial score (nSPS) is 11.7. The monoisotopic (exact) mass is 348 g/mol. The summed E-state index contributed by atoms with van der Waals surface area (Å²) in [5.41, 5.74) is -0.326. The van der Waals surface area contributed by atoms with Gasteiger partial charge < -0.3 is 5.32 Å². The summed E-state index contributed by atoms with van der Waals surface area (Å²) in [6.07, 6.45) is 13.6. The van der Waals surface area contributed by atoms with E-state index in [0.717, 1.165) is 25.7 Å². The average Bonchev–Trinajstić information content (AvgIpc) is 2.46. The molecule has 0 aliphatic rings. The van der Waals surface area contributed by atoms with Crippen molar-refractivity contribution < 1.29 is 13.2 Å². The van der Waals surface area contributed by atoms with Gasteiger partial charge in [-0.3, -0.25) is 0 Å². The van der Waals surface area contributed by atoms with Crippen LogP contribution in [0.15, 0.2) is 0 Å². The molecule has 0 radical (unpaired) electrons. The lowest BCUT2D eigenvalue weighted by Gasteiger charge is -2.31. The molecule has 0 rings (SSSR count). The number of carbonyl (C=O) groups is 1. The van der Waals surface area contributed by atoms with Crippen molar-refractivity contribution in [3.63, 3.8) is 0 Å². The summed E-state index contributed by atoms with van der Waals surface area (Å²) in [5, 5.41) is 2.87. The lowest BCUT2D eigenvalue weighted by atomic mass is 9.88. The summed E-state index contributed by atoms with van der Waals surface area (Å²) in [6, 6.07) is -0.606. The number of hydrogen-bond donors (Lipinski definition) is 3. The number of rotatable bonds is 14. The van der Waals surface area contributed by atoms with Gasteiger partial charge in [-0.15, -0.1) is 0 Å². The van der Waals surface area contributed by atoms with Gasteiger partial charge in [0.25, 0.3) is 0 Å². The summed E-state index contributed by atoms with van der Waals surface area (Å²) < 4.78 is 23.2. The molecule has 0 heterocycles. The Labute approximate surface area is 144 Å². The van der Waals surface area contributed by atoms with E-state index in [9.17, 15) is 13.2 Å². The molecule has 5 nitrogen and oxygen atoms in total. The Morgan fingerprint density at radius 3 is 1.65 bits per heavy atom. The van der Waals surface area contributed by atoms with E-state index in [2.05, 4.69) is 19.2 Å². The molecule has 0 aromatic heterocycles. The largest absolute Gasteiger partial charge is 0.332 e. The predicted molar refractivity (Wildman–Crippen MR) is 97.1 cm³/mol. The molecule has 6 heteroatoms. The van der Waals surface area contributed by atoms with Gasteiger partial charge in [0.05, 0.1) is 0 Å². The third-order valence-electron chi connectivity index (χ3n) is 4.27. The van der Waals surface area contributed by atoms with E-state index >= 15 is 0 Å². The van der Waals surface area contributed by atoms with Crippen LogP contribution in [0.25, 0.3) is 0 Å². The van der Waals surface area contributed by atoms with Gasteiger partial charge in [-0.05, 0) is 19.8 Å². The van der Waals surface area contributed by atoms with E-state index in [1.807, 2.05) is 11.6 Å². The van der Waals surface area contributed by atoms with Crippen LogP contribution in [0, 0.1) is 0 Å². The fraction of sp³-hybridized carbons (Fsp3) is 0.941. The highest BCUT2D eigenvalue weighted by Crippen LogP contribution is 2.23. The molecule has 0 unspecified atom stereocenters. The van der Waals surface area contributed by atoms with Crippen LogP contribution < -0.4 is 10.0 Å². The van der Waals surface area contributed by atoms with Crippen LogP contribution in [0.2, 0.25) is 0 Å². The van der Waals surface area contributed by atoms with Gasteiger partial charge in [0, 0.05) is 5.54 Å². The molecule has 23 heavy (non-hydrogen) atoms.